The molecule has 0 fully saturated rings. The van der Waals surface area contributed by atoms with Gasteiger partial charge >= 0.3 is 5.97 Å². The van der Waals surface area contributed by atoms with Gasteiger partial charge in [-0.3, -0.25) is 9.59 Å². The number of hydrogen-bond acceptors (Lipinski definition) is 6. The number of aromatic hydroxyl groups is 2. The highest BCUT2D eigenvalue weighted by Crippen LogP contribution is 2.30. The van der Waals surface area contributed by atoms with Gasteiger partial charge in [-0.25, -0.2) is 0 Å². The number of carbonyl (C=O) groups excluding carboxylic acids is 2. The summed E-state index contributed by atoms with van der Waals surface area (Å²) in [6.45, 7) is 1.61. The maximum absolute atomic E-state index is 12.2. The van der Waals surface area contributed by atoms with Gasteiger partial charge in [-0.05, 0) is 31.1 Å². The summed E-state index contributed by atoms with van der Waals surface area (Å²) in [7, 11) is 0. The Morgan fingerprint density at radius 2 is 2.05 bits per heavy atom. The van der Waals surface area contributed by atoms with Gasteiger partial charge in [-0.2, -0.15) is 0 Å². The average Bonchev–Trinajstić information content (AvgIpc) is 2.35. The molecule has 1 aliphatic rings. The topological polar surface area (TPSA) is 104 Å². The molecule has 6 heteroatoms. The maximum Gasteiger partial charge on any atom is 0.315 e. The summed E-state index contributed by atoms with van der Waals surface area (Å²) in [5, 5.41) is 28.5. The molecule has 116 valence electrons. The number of cyclic esters (lactones) is 1. The molecule has 0 unspecified atom stereocenters. The van der Waals surface area contributed by atoms with E-state index in [1.807, 2.05) is 0 Å². The van der Waals surface area contributed by atoms with Crippen LogP contribution < -0.4 is 0 Å². The van der Waals surface area contributed by atoms with E-state index in [1.165, 1.54) is 12.1 Å². The lowest BCUT2D eigenvalue weighted by Crippen LogP contribution is -2.15. The standard InChI is InChI=1S/C16H16O6/c1-9(17)3-2-4-12-8-14(20)16-10(6-15(21)22-12)5-11(18)7-13(16)19/h2,4-5,7-9,17-19H,3,6H2,1H3/b4-2+,12-8?/t9-/m0/s1. The number of benzene rings is 1. The number of ether oxygens (including phenoxy) is 1. The number of ketones is 1. The second-order valence-corrected chi connectivity index (χ2v) is 5.05. The summed E-state index contributed by atoms with van der Waals surface area (Å²) in [5.74, 6) is -1.74. The van der Waals surface area contributed by atoms with Gasteiger partial charge in [0.2, 0.25) is 0 Å². The summed E-state index contributed by atoms with van der Waals surface area (Å²) in [4.78, 5) is 24.0. The first kappa shape index (κ1) is 15.8. The lowest BCUT2D eigenvalue weighted by atomic mass is 9.98. The van der Waals surface area contributed by atoms with Crippen molar-refractivity contribution in [3.05, 3.63) is 47.2 Å². The van der Waals surface area contributed by atoms with Gasteiger partial charge in [0.25, 0.3) is 0 Å². The highest BCUT2D eigenvalue weighted by atomic mass is 16.5. The molecule has 0 amide bonds. The van der Waals surface area contributed by atoms with Crippen LogP contribution in [-0.4, -0.2) is 33.2 Å². The third-order valence-electron chi connectivity index (χ3n) is 3.03. The molecule has 1 atom stereocenters. The fraction of sp³-hybridized carbons (Fsp3) is 0.250. The van der Waals surface area contributed by atoms with Crippen LogP contribution in [-0.2, 0) is 16.0 Å². The molecule has 0 saturated heterocycles. The fourth-order valence-corrected chi connectivity index (χ4v) is 2.11. The SMILES string of the molecule is C[C@H](O)C/C=C/C1=CC(=O)c2c(O)cc(O)cc2CC(=O)O1. The van der Waals surface area contributed by atoms with Crippen LogP contribution in [0.4, 0.5) is 0 Å². The van der Waals surface area contributed by atoms with Crippen LogP contribution in [0.15, 0.2) is 36.1 Å². The summed E-state index contributed by atoms with van der Waals surface area (Å²) in [6.07, 6.45) is 3.64. The van der Waals surface area contributed by atoms with E-state index in [-0.39, 0.29) is 29.1 Å². The van der Waals surface area contributed by atoms with Crippen molar-refractivity contribution in [3.8, 4) is 11.5 Å². The molecule has 6 nitrogen and oxygen atoms in total. The van der Waals surface area contributed by atoms with Gasteiger partial charge < -0.3 is 20.1 Å². The molecule has 1 aliphatic heterocycles. The summed E-state index contributed by atoms with van der Waals surface area (Å²) in [5.41, 5.74) is 0.173. The third-order valence-corrected chi connectivity index (χ3v) is 3.03. The molecular weight excluding hydrogens is 288 g/mol. The maximum atomic E-state index is 12.2. The van der Waals surface area contributed by atoms with E-state index in [1.54, 1.807) is 13.0 Å². The van der Waals surface area contributed by atoms with Crippen LogP contribution in [0.3, 0.4) is 0 Å². The summed E-state index contributed by atoms with van der Waals surface area (Å²) >= 11 is 0. The lowest BCUT2D eigenvalue weighted by Gasteiger charge is -2.14. The first-order valence-electron chi connectivity index (χ1n) is 6.73. The Bertz CT molecular complexity index is 669. The van der Waals surface area contributed by atoms with Crippen molar-refractivity contribution in [2.75, 3.05) is 0 Å². The van der Waals surface area contributed by atoms with Crippen LogP contribution in [0.2, 0.25) is 0 Å². The van der Waals surface area contributed by atoms with Crippen LogP contribution in [0.25, 0.3) is 0 Å². The van der Waals surface area contributed by atoms with Crippen LogP contribution >= 0.6 is 0 Å². The zero-order chi connectivity index (χ0) is 16.3. The van der Waals surface area contributed by atoms with Crippen molar-refractivity contribution in [2.24, 2.45) is 0 Å². The fourth-order valence-electron chi connectivity index (χ4n) is 2.11. The molecule has 1 heterocycles. The van der Waals surface area contributed by atoms with Crippen molar-refractivity contribution in [1.82, 2.24) is 0 Å². The van der Waals surface area contributed by atoms with Crippen LogP contribution in [0.1, 0.15) is 29.3 Å². The Hall–Kier alpha value is -2.60. The largest absolute Gasteiger partial charge is 0.508 e. The number of aliphatic hydroxyl groups is 1. The highest BCUT2D eigenvalue weighted by Gasteiger charge is 2.22. The predicted molar refractivity (Wildman–Crippen MR) is 77.4 cm³/mol. The zero-order valence-corrected chi connectivity index (χ0v) is 11.9. The van der Waals surface area contributed by atoms with Gasteiger partial charge in [-0.15, -0.1) is 0 Å². The second-order valence-electron chi connectivity index (χ2n) is 5.05. The Kier molecular flexibility index (Phi) is 4.62. The second kappa shape index (κ2) is 6.44. The molecule has 0 radical (unpaired) electrons. The third kappa shape index (κ3) is 3.73. The number of rotatable bonds is 3. The van der Waals surface area contributed by atoms with E-state index >= 15 is 0 Å². The summed E-state index contributed by atoms with van der Waals surface area (Å²) < 4.78 is 5.05. The zero-order valence-electron chi connectivity index (χ0n) is 11.9. The highest BCUT2D eigenvalue weighted by molar-refractivity contribution is 6.09. The molecule has 22 heavy (non-hydrogen) atoms. The van der Waals surface area contributed by atoms with Crippen molar-refractivity contribution in [3.63, 3.8) is 0 Å². The Balaban J connectivity index is 2.39. The average molecular weight is 304 g/mol. The van der Waals surface area contributed by atoms with Gasteiger partial charge in [0, 0.05) is 12.1 Å². The van der Waals surface area contributed by atoms with Crippen molar-refractivity contribution >= 4 is 11.8 Å². The summed E-state index contributed by atoms with van der Waals surface area (Å²) in [6, 6.07) is 2.29. The number of esters is 1. The van der Waals surface area contributed by atoms with Crippen molar-refractivity contribution in [1.29, 1.82) is 0 Å². The van der Waals surface area contributed by atoms with Gasteiger partial charge in [0.1, 0.15) is 17.3 Å². The number of fused-ring (bicyclic) bond motifs is 1. The number of carbonyl (C=O) groups is 2. The van der Waals surface area contributed by atoms with E-state index in [0.29, 0.717) is 6.42 Å². The molecule has 0 aliphatic carbocycles. The Morgan fingerprint density at radius 1 is 1.32 bits per heavy atom. The smallest absolute Gasteiger partial charge is 0.315 e. The minimum absolute atomic E-state index is 0.0316. The van der Waals surface area contributed by atoms with E-state index in [2.05, 4.69) is 0 Å². The molecule has 0 spiro atoms. The van der Waals surface area contributed by atoms with E-state index in [9.17, 15) is 24.9 Å². The molecule has 1 aromatic carbocycles. The first-order valence-corrected chi connectivity index (χ1v) is 6.73. The first-order chi connectivity index (χ1) is 10.4. The molecule has 3 N–H and O–H groups in total. The molecule has 0 aromatic heterocycles. The van der Waals surface area contributed by atoms with Crippen LogP contribution in [0, 0.1) is 0 Å². The lowest BCUT2D eigenvalue weighted by molar-refractivity contribution is -0.138. The van der Waals surface area contributed by atoms with E-state index in [4.69, 9.17) is 4.74 Å². The number of allylic oxidation sites excluding steroid dienone is 2. The van der Waals surface area contributed by atoms with Gasteiger partial charge in [-0.1, -0.05) is 6.08 Å². The number of hydrogen-bond donors (Lipinski definition) is 3. The number of aliphatic hydroxyl groups excluding tert-OH is 1. The van der Waals surface area contributed by atoms with Crippen molar-refractivity contribution in [2.45, 2.75) is 25.9 Å². The van der Waals surface area contributed by atoms with Gasteiger partial charge in [0.05, 0.1) is 18.1 Å². The normalized spacial score (nSPS) is 16.5. The molecule has 1 aromatic rings. The number of phenols is 2. The van der Waals surface area contributed by atoms with Gasteiger partial charge in [0.15, 0.2) is 5.78 Å². The quantitative estimate of drug-likeness (QED) is 0.733. The molecule has 0 saturated carbocycles. The Morgan fingerprint density at radius 3 is 2.73 bits per heavy atom. The molecule has 2 rings (SSSR count). The van der Waals surface area contributed by atoms with E-state index in [0.717, 1.165) is 12.1 Å². The molecule has 0 bridgehead atoms. The minimum atomic E-state index is -0.619. The number of phenolic OH excluding ortho intramolecular Hbond substituents is 2. The Labute approximate surface area is 127 Å². The van der Waals surface area contributed by atoms with Crippen LogP contribution in [0.5, 0.6) is 11.5 Å². The minimum Gasteiger partial charge on any atom is -0.508 e. The van der Waals surface area contributed by atoms with E-state index < -0.39 is 23.6 Å². The molecular formula is C16H16O6. The predicted octanol–water partition coefficient (Wildman–Crippen LogP) is 1.59. The monoisotopic (exact) mass is 304 g/mol. The van der Waals surface area contributed by atoms with Crippen molar-refractivity contribution < 1.29 is 29.6 Å².